The van der Waals surface area contributed by atoms with Gasteiger partial charge in [0.1, 0.15) is 6.04 Å². The summed E-state index contributed by atoms with van der Waals surface area (Å²) in [4.78, 5) is 23.7. The number of carbonyl (C=O) groups excluding carboxylic acids is 1. The van der Waals surface area contributed by atoms with Crippen molar-refractivity contribution < 1.29 is 14.7 Å². The van der Waals surface area contributed by atoms with E-state index in [1.165, 1.54) is 43.4 Å². The van der Waals surface area contributed by atoms with Crippen LogP contribution in [0.25, 0.3) is 0 Å². The maximum atomic E-state index is 11.2. The van der Waals surface area contributed by atoms with Gasteiger partial charge < -0.3 is 10.4 Å². The first-order chi connectivity index (χ1) is 9.18. The molecule has 0 aromatic heterocycles. The van der Waals surface area contributed by atoms with Crippen LogP contribution in [0.15, 0.2) is 0 Å². The summed E-state index contributed by atoms with van der Waals surface area (Å²) in [6, 6.07) is -0.452. The van der Waals surface area contributed by atoms with Gasteiger partial charge in [-0.2, -0.15) is 0 Å². The molecule has 5 heteroatoms. The van der Waals surface area contributed by atoms with E-state index in [0.29, 0.717) is 13.1 Å². The van der Waals surface area contributed by atoms with Gasteiger partial charge >= 0.3 is 6.09 Å². The highest BCUT2D eigenvalue weighted by Crippen LogP contribution is 2.27. The molecular weight excluding hydrogens is 244 g/mol. The molecule has 0 aromatic carbocycles. The van der Waals surface area contributed by atoms with Crippen LogP contribution in [0.5, 0.6) is 0 Å². The van der Waals surface area contributed by atoms with Gasteiger partial charge in [-0.25, -0.2) is 4.79 Å². The van der Waals surface area contributed by atoms with Crippen LogP contribution < -0.4 is 5.32 Å². The zero-order valence-electron chi connectivity index (χ0n) is 11.4. The number of carbonyl (C=O) groups is 2. The van der Waals surface area contributed by atoms with Crippen LogP contribution in [-0.4, -0.2) is 41.1 Å². The molecule has 19 heavy (non-hydrogen) atoms. The fourth-order valence-electron chi connectivity index (χ4n) is 3.10. The fourth-order valence-corrected chi connectivity index (χ4v) is 3.10. The molecule has 2 N–H and O–H groups in total. The van der Waals surface area contributed by atoms with Gasteiger partial charge in [-0.1, -0.05) is 44.9 Å². The minimum absolute atomic E-state index is 0.158. The number of nitrogens with one attached hydrogen (secondary N) is 1. The quantitative estimate of drug-likeness (QED) is 0.573. The van der Waals surface area contributed by atoms with Gasteiger partial charge in [-0.05, 0) is 12.3 Å². The molecule has 2 rings (SSSR count). The van der Waals surface area contributed by atoms with E-state index in [2.05, 4.69) is 5.32 Å². The van der Waals surface area contributed by atoms with Crippen molar-refractivity contribution in [2.24, 2.45) is 5.92 Å². The number of unbranched alkanes of at least 4 members (excludes halogenated alkanes) is 1. The third kappa shape index (κ3) is 3.85. The molecule has 0 unspecified atom stereocenters. The number of rotatable bonds is 6. The van der Waals surface area contributed by atoms with Crippen molar-refractivity contribution in [3.63, 3.8) is 0 Å². The van der Waals surface area contributed by atoms with E-state index in [4.69, 9.17) is 5.11 Å². The molecule has 1 saturated heterocycles. The molecule has 0 aromatic rings. The van der Waals surface area contributed by atoms with E-state index in [0.717, 1.165) is 18.8 Å². The minimum Gasteiger partial charge on any atom is -0.465 e. The number of hydrogen-bond donors (Lipinski definition) is 2. The highest BCUT2D eigenvalue weighted by atomic mass is 16.4. The minimum atomic E-state index is -0.975. The molecule has 1 aliphatic carbocycles. The van der Waals surface area contributed by atoms with Gasteiger partial charge in [0.2, 0.25) is 5.91 Å². The smallest absolute Gasteiger partial charge is 0.408 e. The number of carboxylic acid groups (broad SMARTS) is 1. The molecular formula is C14H24N2O3. The summed E-state index contributed by atoms with van der Waals surface area (Å²) in [5.74, 6) is 0.689. The van der Waals surface area contributed by atoms with Crippen LogP contribution in [0.3, 0.4) is 0 Å². The Morgan fingerprint density at radius 1 is 1.26 bits per heavy atom. The first-order valence-corrected chi connectivity index (χ1v) is 7.46. The number of β-lactam (4-membered cyclic amide) rings is 1. The van der Waals surface area contributed by atoms with Gasteiger partial charge in [-0.3, -0.25) is 9.69 Å². The van der Waals surface area contributed by atoms with Gasteiger partial charge in [0, 0.05) is 13.1 Å². The number of nitrogens with zero attached hydrogens (tertiary/aromatic N) is 1. The lowest BCUT2D eigenvalue weighted by Gasteiger charge is -2.35. The van der Waals surface area contributed by atoms with Gasteiger partial charge in [-0.15, -0.1) is 0 Å². The van der Waals surface area contributed by atoms with E-state index < -0.39 is 12.1 Å². The summed E-state index contributed by atoms with van der Waals surface area (Å²) < 4.78 is 0. The molecule has 5 nitrogen and oxygen atoms in total. The molecule has 1 heterocycles. The van der Waals surface area contributed by atoms with Crippen LogP contribution in [0.2, 0.25) is 0 Å². The lowest BCUT2D eigenvalue weighted by atomic mass is 9.86. The topological polar surface area (TPSA) is 69.6 Å². The Kier molecular flexibility index (Phi) is 5.05. The maximum absolute atomic E-state index is 11.2. The fraction of sp³-hybridized carbons (Fsp3) is 0.857. The molecule has 0 bridgehead atoms. The van der Waals surface area contributed by atoms with Crippen LogP contribution in [0.4, 0.5) is 4.79 Å². The Hall–Kier alpha value is -1.26. The molecule has 2 aliphatic rings. The Labute approximate surface area is 114 Å². The normalized spacial score (nSPS) is 23.6. The summed E-state index contributed by atoms with van der Waals surface area (Å²) in [7, 11) is 0. The van der Waals surface area contributed by atoms with Crippen molar-refractivity contribution in [3.8, 4) is 0 Å². The summed E-state index contributed by atoms with van der Waals surface area (Å²) >= 11 is 0. The molecule has 1 saturated carbocycles. The SMILES string of the molecule is O=C1NC[C@@H]1N(CCCCC1CCCCC1)C(=O)O. The van der Waals surface area contributed by atoms with Crippen molar-refractivity contribution in [2.75, 3.05) is 13.1 Å². The second-order valence-electron chi connectivity index (χ2n) is 5.74. The van der Waals surface area contributed by atoms with E-state index in [9.17, 15) is 9.59 Å². The summed E-state index contributed by atoms with van der Waals surface area (Å²) in [6.07, 6.45) is 8.95. The number of hydrogen-bond acceptors (Lipinski definition) is 2. The predicted molar refractivity (Wildman–Crippen MR) is 72.0 cm³/mol. The van der Waals surface area contributed by atoms with E-state index in [1.807, 2.05) is 0 Å². The van der Waals surface area contributed by atoms with E-state index in [-0.39, 0.29) is 5.91 Å². The zero-order valence-corrected chi connectivity index (χ0v) is 11.4. The molecule has 0 spiro atoms. The molecule has 1 aliphatic heterocycles. The Morgan fingerprint density at radius 2 is 2.00 bits per heavy atom. The Morgan fingerprint density at radius 3 is 2.53 bits per heavy atom. The van der Waals surface area contributed by atoms with Crippen molar-refractivity contribution in [1.29, 1.82) is 0 Å². The van der Waals surface area contributed by atoms with E-state index in [1.54, 1.807) is 0 Å². The summed E-state index contributed by atoms with van der Waals surface area (Å²) in [6.45, 7) is 0.952. The third-order valence-corrected chi connectivity index (χ3v) is 4.38. The average molecular weight is 268 g/mol. The maximum Gasteiger partial charge on any atom is 0.408 e. The largest absolute Gasteiger partial charge is 0.465 e. The summed E-state index contributed by atoms with van der Waals surface area (Å²) in [5, 5.41) is 11.7. The van der Waals surface area contributed by atoms with Crippen molar-refractivity contribution >= 4 is 12.0 Å². The van der Waals surface area contributed by atoms with Crippen molar-refractivity contribution in [1.82, 2.24) is 10.2 Å². The first-order valence-electron chi connectivity index (χ1n) is 7.46. The molecule has 0 radical (unpaired) electrons. The number of amides is 2. The molecule has 2 amide bonds. The summed E-state index contributed by atoms with van der Waals surface area (Å²) in [5.41, 5.74) is 0. The monoisotopic (exact) mass is 268 g/mol. The van der Waals surface area contributed by atoms with Crippen molar-refractivity contribution in [2.45, 2.75) is 57.4 Å². The molecule has 108 valence electrons. The highest BCUT2D eigenvalue weighted by Gasteiger charge is 2.36. The van der Waals surface area contributed by atoms with Crippen LogP contribution in [0.1, 0.15) is 51.4 Å². The second kappa shape index (κ2) is 6.78. The molecule has 2 fully saturated rings. The standard InChI is InChI=1S/C14H24N2O3/c17-13-12(10-15-13)16(14(18)19)9-5-4-8-11-6-2-1-3-7-11/h11-12H,1-10H2,(H,15,17)(H,18,19)/t12-/m0/s1. The Bertz CT molecular complexity index is 327. The van der Waals surface area contributed by atoms with E-state index >= 15 is 0 Å². The highest BCUT2D eigenvalue weighted by molar-refractivity contribution is 5.90. The van der Waals surface area contributed by atoms with Gasteiger partial charge in [0.05, 0.1) is 0 Å². The third-order valence-electron chi connectivity index (χ3n) is 4.38. The van der Waals surface area contributed by atoms with Crippen molar-refractivity contribution in [3.05, 3.63) is 0 Å². The zero-order chi connectivity index (χ0) is 13.7. The first kappa shape index (κ1) is 14.2. The van der Waals surface area contributed by atoms with Crippen LogP contribution >= 0.6 is 0 Å². The lowest BCUT2D eigenvalue weighted by Crippen LogP contribution is -2.63. The van der Waals surface area contributed by atoms with Gasteiger partial charge in [0.25, 0.3) is 0 Å². The molecule has 1 atom stereocenters. The average Bonchev–Trinajstić information content (AvgIpc) is 2.41. The second-order valence-corrected chi connectivity index (χ2v) is 5.74. The lowest BCUT2D eigenvalue weighted by molar-refractivity contribution is -0.132. The van der Waals surface area contributed by atoms with Crippen LogP contribution in [-0.2, 0) is 4.79 Å². The van der Waals surface area contributed by atoms with Crippen LogP contribution in [0, 0.1) is 5.92 Å². The predicted octanol–water partition coefficient (Wildman–Crippen LogP) is 2.22. The Balaban J connectivity index is 1.64. The van der Waals surface area contributed by atoms with Gasteiger partial charge in [0.15, 0.2) is 0 Å².